The second kappa shape index (κ2) is 3.24. The van der Waals surface area contributed by atoms with Crippen LogP contribution in [0.25, 0.3) is 0 Å². The van der Waals surface area contributed by atoms with E-state index in [1.807, 2.05) is 0 Å². The molecular formula is C10H20N3+. The molecule has 1 atom stereocenters. The van der Waals surface area contributed by atoms with E-state index >= 15 is 0 Å². The summed E-state index contributed by atoms with van der Waals surface area (Å²) in [4.78, 5) is 8.03. The quantitative estimate of drug-likeness (QED) is 0.643. The van der Waals surface area contributed by atoms with Gasteiger partial charge in [-0.2, -0.15) is 4.99 Å². The fourth-order valence-electron chi connectivity index (χ4n) is 1.15. The highest BCUT2D eigenvalue weighted by Crippen LogP contribution is 2.22. The minimum Gasteiger partial charge on any atom is -0.299 e. The summed E-state index contributed by atoms with van der Waals surface area (Å²) in [6.45, 7) is 6.44. The standard InChI is InChI=1S/C10H19N3/c1-8-11-9(7-13(8)6)10(2,3)12(4)5/h7H,1-6H3/p+1. The molecule has 0 saturated heterocycles. The Bertz CT molecular complexity index is 261. The minimum atomic E-state index is 0.0268. The van der Waals surface area contributed by atoms with Crippen molar-refractivity contribution >= 4 is 5.84 Å². The molecular weight excluding hydrogens is 162 g/mol. The average Bonchev–Trinajstić information content (AvgIpc) is 2.32. The van der Waals surface area contributed by atoms with Gasteiger partial charge in [0.1, 0.15) is 11.9 Å². The lowest BCUT2D eigenvalue weighted by Gasteiger charge is -2.30. The van der Waals surface area contributed by atoms with Crippen molar-refractivity contribution in [1.29, 1.82) is 0 Å². The van der Waals surface area contributed by atoms with Crippen molar-refractivity contribution in [2.45, 2.75) is 26.3 Å². The third-order valence-electron chi connectivity index (χ3n) is 2.96. The highest BCUT2D eigenvalue weighted by molar-refractivity contribution is 5.74. The Kier molecular flexibility index (Phi) is 2.59. The van der Waals surface area contributed by atoms with Crippen molar-refractivity contribution in [3.8, 4) is 0 Å². The van der Waals surface area contributed by atoms with Crippen LogP contribution in [0.3, 0.4) is 0 Å². The van der Waals surface area contributed by atoms with E-state index in [4.69, 9.17) is 0 Å². The molecule has 1 N–H and O–H groups in total. The van der Waals surface area contributed by atoms with Crippen LogP contribution >= 0.6 is 0 Å². The van der Waals surface area contributed by atoms with E-state index in [0.717, 1.165) is 11.5 Å². The van der Waals surface area contributed by atoms with Crippen molar-refractivity contribution in [1.82, 2.24) is 4.90 Å². The first kappa shape index (κ1) is 10.4. The first-order valence-electron chi connectivity index (χ1n) is 4.64. The van der Waals surface area contributed by atoms with Crippen LogP contribution in [0.4, 0.5) is 0 Å². The fourth-order valence-corrected chi connectivity index (χ4v) is 1.15. The zero-order valence-electron chi connectivity index (χ0n) is 9.47. The third-order valence-corrected chi connectivity index (χ3v) is 2.96. The molecule has 0 amide bonds. The maximum absolute atomic E-state index is 4.56. The highest BCUT2D eigenvalue weighted by Gasteiger charge is 2.31. The van der Waals surface area contributed by atoms with Crippen molar-refractivity contribution in [2.75, 3.05) is 21.1 Å². The van der Waals surface area contributed by atoms with Crippen molar-refractivity contribution in [3.63, 3.8) is 0 Å². The Morgan fingerprint density at radius 2 is 1.92 bits per heavy atom. The molecule has 0 radical (unpaired) electrons. The van der Waals surface area contributed by atoms with E-state index in [-0.39, 0.29) is 5.54 Å². The van der Waals surface area contributed by atoms with Gasteiger partial charge in [-0.15, -0.1) is 0 Å². The van der Waals surface area contributed by atoms with Crippen LogP contribution in [0.15, 0.2) is 16.9 Å². The van der Waals surface area contributed by atoms with Crippen LogP contribution in [-0.4, -0.2) is 37.4 Å². The number of likely N-dealkylation sites (N-methyl/N-ethyl adjacent to an activating group) is 1. The van der Waals surface area contributed by atoms with Crippen LogP contribution in [-0.2, 0) is 0 Å². The van der Waals surface area contributed by atoms with Gasteiger partial charge in [0.05, 0.1) is 12.6 Å². The maximum Gasteiger partial charge on any atom is 0.202 e. The van der Waals surface area contributed by atoms with Crippen molar-refractivity contribution < 1.29 is 4.90 Å². The Balaban J connectivity index is 2.92. The fraction of sp³-hybridized carbons (Fsp3) is 0.700. The van der Waals surface area contributed by atoms with Crippen LogP contribution in [0.1, 0.15) is 20.8 Å². The second-order valence-electron chi connectivity index (χ2n) is 4.36. The Hall–Kier alpha value is -0.670. The summed E-state index contributed by atoms with van der Waals surface area (Å²) in [6.07, 6.45) is 2.18. The lowest BCUT2D eigenvalue weighted by molar-refractivity contribution is -0.719. The third kappa shape index (κ3) is 1.81. The highest BCUT2D eigenvalue weighted by atomic mass is 15.2. The molecule has 74 valence electrons. The molecule has 0 bridgehead atoms. The minimum absolute atomic E-state index is 0.0268. The normalized spacial score (nSPS) is 23.5. The number of aliphatic imine (C=N–C) groups is 1. The van der Waals surface area contributed by atoms with E-state index in [9.17, 15) is 0 Å². The van der Waals surface area contributed by atoms with Crippen LogP contribution < -0.4 is 4.90 Å². The molecule has 1 rings (SSSR count). The number of nitrogens with zero attached hydrogens (tertiary/aromatic N) is 2. The lowest BCUT2D eigenvalue weighted by atomic mass is 10.0. The molecule has 0 aromatic rings. The van der Waals surface area contributed by atoms with Crippen molar-refractivity contribution in [3.05, 3.63) is 11.9 Å². The zero-order valence-corrected chi connectivity index (χ0v) is 9.47. The molecule has 0 aromatic heterocycles. The van der Waals surface area contributed by atoms with Gasteiger partial charge in [-0.1, -0.05) is 0 Å². The van der Waals surface area contributed by atoms with Gasteiger partial charge in [0.25, 0.3) is 0 Å². The monoisotopic (exact) mass is 182 g/mol. The molecule has 3 nitrogen and oxygen atoms in total. The van der Waals surface area contributed by atoms with Gasteiger partial charge in [0.15, 0.2) is 0 Å². The maximum atomic E-state index is 4.56. The van der Waals surface area contributed by atoms with Crippen LogP contribution in [0, 0.1) is 0 Å². The average molecular weight is 182 g/mol. The number of nitrogens with one attached hydrogen (secondary N) is 1. The van der Waals surface area contributed by atoms with Crippen molar-refractivity contribution in [2.24, 2.45) is 4.99 Å². The lowest BCUT2D eigenvalue weighted by Crippen LogP contribution is -3.05. The predicted octanol–water partition coefficient (Wildman–Crippen LogP) is 0.115. The number of rotatable bonds is 2. The molecule has 0 aliphatic carbocycles. The van der Waals surface area contributed by atoms with Gasteiger partial charge in [-0.25, -0.2) is 0 Å². The van der Waals surface area contributed by atoms with Crippen LogP contribution in [0.5, 0.6) is 0 Å². The molecule has 0 fully saturated rings. The number of hydrogen-bond acceptors (Lipinski definition) is 2. The van der Waals surface area contributed by atoms with E-state index < -0.39 is 0 Å². The summed E-state index contributed by atoms with van der Waals surface area (Å²) >= 11 is 0. The number of hydrogen-bond donors (Lipinski definition) is 1. The Morgan fingerprint density at radius 3 is 2.23 bits per heavy atom. The summed E-state index contributed by atoms with van der Waals surface area (Å²) in [6, 6.07) is 0. The summed E-state index contributed by atoms with van der Waals surface area (Å²) in [5, 5.41) is 0. The van der Waals surface area contributed by atoms with Gasteiger partial charge in [0.2, 0.25) is 5.84 Å². The van der Waals surface area contributed by atoms with E-state index in [1.165, 1.54) is 4.90 Å². The van der Waals surface area contributed by atoms with E-state index in [2.05, 4.69) is 58.0 Å². The Morgan fingerprint density at radius 1 is 1.38 bits per heavy atom. The largest absolute Gasteiger partial charge is 0.299 e. The number of quaternary nitrogens is 1. The SMILES string of the molecule is CC1=NC(C(C)(C)N(C)C)=C[NH+]1C. The van der Waals surface area contributed by atoms with E-state index in [0.29, 0.717) is 0 Å². The van der Waals surface area contributed by atoms with Gasteiger partial charge >= 0.3 is 0 Å². The molecule has 1 aliphatic heterocycles. The zero-order chi connectivity index (χ0) is 10.2. The molecule has 3 heteroatoms. The van der Waals surface area contributed by atoms with Crippen LogP contribution in [0.2, 0.25) is 0 Å². The first-order chi connectivity index (χ1) is 5.85. The molecule has 13 heavy (non-hydrogen) atoms. The first-order valence-corrected chi connectivity index (χ1v) is 4.64. The topological polar surface area (TPSA) is 20.0 Å². The molecule has 1 unspecified atom stereocenters. The summed E-state index contributed by atoms with van der Waals surface area (Å²) in [7, 11) is 6.27. The smallest absolute Gasteiger partial charge is 0.202 e. The molecule has 0 saturated carbocycles. The Labute approximate surface area is 80.7 Å². The molecule has 0 spiro atoms. The number of amidine groups is 1. The summed E-state index contributed by atoms with van der Waals surface area (Å²) in [5.74, 6) is 1.14. The van der Waals surface area contributed by atoms with Gasteiger partial charge in [0, 0.05) is 6.92 Å². The van der Waals surface area contributed by atoms with Gasteiger partial charge < -0.3 is 0 Å². The second-order valence-corrected chi connectivity index (χ2v) is 4.36. The summed E-state index contributed by atoms with van der Waals surface area (Å²) in [5.41, 5.74) is 1.19. The molecule has 1 heterocycles. The van der Waals surface area contributed by atoms with Gasteiger partial charge in [-0.05, 0) is 27.9 Å². The van der Waals surface area contributed by atoms with E-state index in [1.54, 1.807) is 0 Å². The molecule has 0 aromatic carbocycles. The summed E-state index contributed by atoms with van der Waals surface area (Å²) < 4.78 is 0. The molecule has 1 aliphatic rings. The van der Waals surface area contributed by atoms with Gasteiger partial charge in [-0.3, -0.25) is 9.80 Å². The predicted molar refractivity (Wildman–Crippen MR) is 55.8 cm³/mol.